The maximum atomic E-state index is 12.2. The molecule has 1 aliphatic heterocycles. The Morgan fingerprint density at radius 2 is 2.44 bits per heavy atom. The zero-order chi connectivity index (χ0) is 13.0. The molecule has 1 amide bonds. The number of hydrogen-bond acceptors (Lipinski definition) is 4. The third kappa shape index (κ3) is 2.98. The lowest BCUT2D eigenvalue weighted by molar-refractivity contribution is 0.0535. The van der Waals surface area contributed by atoms with Gasteiger partial charge in [-0.25, -0.2) is 4.98 Å². The number of nitrogens with zero attached hydrogens (tertiary/aromatic N) is 2. The van der Waals surface area contributed by atoms with E-state index in [2.05, 4.69) is 4.98 Å². The first-order valence-electron chi connectivity index (χ1n) is 6.33. The second-order valence-electron chi connectivity index (χ2n) is 4.46. The summed E-state index contributed by atoms with van der Waals surface area (Å²) in [5.74, 6) is -0.0620. The van der Waals surface area contributed by atoms with Crippen LogP contribution in [0.25, 0.3) is 0 Å². The Morgan fingerprint density at radius 3 is 3.00 bits per heavy atom. The zero-order valence-electron chi connectivity index (χ0n) is 10.6. The van der Waals surface area contributed by atoms with Crippen molar-refractivity contribution >= 4 is 11.6 Å². The molecule has 1 aromatic heterocycles. The molecular weight excluding hydrogens is 230 g/mol. The molecule has 1 aliphatic rings. The second-order valence-corrected chi connectivity index (χ2v) is 4.46. The molecule has 1 unspecified atom stereocenters. The fraction of sp³-hybridized carbons (Fsp3) is 0.538. The van der Waals surface area contributed by atoms with Gasteiger partial charge in [-0.1, -0.05) is 0 Å². The van der Waals surface area contributed by atoms with Crippen molar-refractivity contribution in [1.82, 2.24) is 9.88 Å². The minimum absolute atomic E-state index is 0.0620. The highest BCUT2D eigenvalue weighted by molar-refractivity contribution is 5.92. The van der Waals surface area contributed by atoms with Gasteiger partial charge in [0.15, 0.2) is 0 Å². The van der Waals surface area contributed by atoms with Crippen LogP contribution in [0.2, 0.25) is 0 Å². The molecule has 0 aliphatic carbocycles. The summed E-state index contributed by atoms with van der Waals surface area (Å²) in [5.41, 5.74) is 6.56. The SMILES string of the molecule is CCN(CC1CCCO1)C(=O)c1ccc(N)cn1. The fourth-order valence-electron chi connectivity index (χ4n) is 2.08. The molecule has 1 aromatic rings. The van der Waals surface area contributed by atoms with Crippen molar-refractivity contribution in [3.63, 3.8) is 0 Å². The number of hydrogen-bond donors (Lipinski definition) is 1. The van der Waals surface area contributed by atoms with Crippen LogP contribution >= 0.6 is 0 Å². The van der Waals surface area contributed by atoms with Gasteiger partial charge in [-0.15, -0.1) is 0 Å². The topological polar surface area (TPSA) is 68.5 Å². The van der Waals surface area contributed by atoms with E-state index in [0.717, 1.165) is 19.4 Å². The standard InChI is InChI=1S/C13H19N3O2/c1-2-16(9-11-4-3-7-18-11)13(17)12-6-5-10(14)8-15-12/h5-6,8,11H,2-4,7,9,14H2,1H3. The van der Waals surface area contributed by atoms with Gasteiger partial charge in [0, 0.05) is 19.7 Å². The van der Waals surface area contributed by atoms with Gasteiger partial charge >= 0.3 is 0 Å². The number of nitrogen functional groups attached to an aromatic ring is 1. The predicted molar refractivity (Wildman–Crippen MR) is 69.2 cm³/mol. The summed E-state index contributed by atoms with van der Waals surface area (Å²) in [7, 11) is 0. The number of anilines is 1. The molecule has 1 saturated heterocycles. The average molecular weight is 249 g/mol. The largest absolute Gasteiger partial charge is 0.397 e. The van der Waals surface area contributed by atoms with Crippen LogP contribution < -0.4 is 5.73 Å². The number of nitrogens with two attached hydrogens (primary N) is 1. The molecule has 1 fully saturated rings. The summed E-state index contributed by atoms with van der Waals surface area (Å²) in [4.78, 5) is 18.1. The number of amides is 1. The van der Waals surface area contributed by atoms with E-state index < -0.39 is 0 Å². The number of pyridine rings is 1. The van der Waals surface area contributed by atoms with Crippen molar-refractivity contribution in [2.45, 2.75) is 25.9 Å². The maximum Gasteiger partial charge on any atom is 0.272 e. The number of likely N-dealkylation sites (N-methyl/N-ethyl adjacent to an activating group) is 1. The second kappa shape index (κ2) is 5.82. The van der Waals surface area contributed by atoms with Crippen LogP contribution in [0.3, 0.4) is 0 Å². The highest BCUT2D eigenvalue weighted by Crippen LogP contribution is 2.14. The van der Waals surface area contributed by atoms with Gasteiger partial charge in [0.1, 0.15) is 5.69 Å². The number of aromatic nitrogens is 1. The van der Waals surface area contributed by atoms with E-state index in [1.807, 2.05) is 6.92 Å². The highest BCUT2D eigenvalue weighted by Gasteiger charge is 2.22. The van der Waals surface area contributed by atoms with Crippen LogP contribution in [0.1, 0.15) is 30.3 Å². The maximum absolute atomic E-state index is 12.2. The van der Waals surface area contributed by atoms with Crippen molar-refractivity contribution in [3.05, 3.63) is 24.0 Å². The summed E-state index contributed by atoms with van der Waals surface area (Å²) >= 11 is 0. The van der Waals surface area contributed by atoms with E-state index in [0.29, 0.717) is 24.5 Å². The minimum Gasteiger partial charge on any atom is -0.397 e. The van der Waals surface area contributed by atoms with E-state index >= 15 is 0 Å². The number of carbonyl (C=O) groups is 1. The Balaban J connectivity index is 2.02. The van der Waals surface area contributed by atoms with Crippen LogP contribution in [0.4, 0.5) is 5.69 Å². The monoisotopic (exact) mass is 249 g/mol. The molecule has 5 nitrogen and oxygen atoms in total. The molecule has 98 valence electrons. The van der Waals surface area contributed by atoms with Gasteiger partial charge in [0.2, 0.25) is 0 Å². The Bertz CT molecular complexity index is 399. The first-order valence-corrected chi connectivity index (χ1v) is 6.33. The fourth-order valence-corrected chi connectivity index (χ4v) is 2.08. The van der Waals surface area contributed by atoms with Crippen LogP contribution in [0.15, 0.2) is 18.3 Å². The van der Waals surface area contributed by atoms with E-state index in [9.17, 15) is 4.79 Å². The van der Waals surface area contributed by atoms with Gasteiger partial charge in [0.25, 0.3) is 5.91 Å². The Morgan fingerprint density at radius 1 is 1.61 bits per heavy atom. The van der Waals surface area contributed by atoms with Crippen LogP contribution in [-0.4, -0.2) is 41.6 Å². The number of rotatable bonds is 4. The van der Waals surface area contributed by atoms with Crippen molar-refractivity contribution in [3.8, 4) is 0 Å². The van der Waals surface area contributed by atoms with E-state index in [1.54, 1.807) is 17.0 Å². The summed E-state index contributed by atoms with van der Waals surface area (Å²) in [6.07, 6.45) is 3.78. The van der Waals surface area contributed by atoms with Gasteiger partial charge in [0.05, 0.1) is 18.0 Å². The molecule has 18 heavy (non-hydrogen) atoms. The van der Waals surface area contributed by atoms with E-state index in [-0.39, 0.29) is 12.0 Å². The first kappa shape index (κ1) is 12.8. The van der Waals surface area contributed by atoms with E-state index in [1.165, 1.54) is 6.20 Å². The molecule has 2 N–H and O–H groups in total. The molecule has 2 heterocycles. The summed E-state index contributed by atoms with van der Waals surface area (Å²) < 4.78 is 5.56. The first-order chi connectivity index (χ1) is 8.70. The summed E-state index contributed by atoms with van der Waals surface area (Å²) in [6.45, 7) is 4.06. The molecular formula is C13H19N3O2. The predicted octanol–water partition coefficient (Wildman–Crippen LogP) is 1.30. The van der Waals surface area contributed by atoms with Gasteiger partial charge in [-0.2, -0.15) is 0 Å². The molecule has 0 radical (unpaired) electrons. The third-order valence-corrected chi connectivity index (χ3v) is 3.12. The molecule has 0 bridgehead atoms. The van der Waals surface area contributed by atoms with Crippen molar-refractivity contribution < 1.29 is 9.53 Å². The number of carbonyl (C=O) groups excluding carboxylic acids is 1. The lowest BCUT2D eigenvalue weighted by Crippen LogP contribution is -2.37. The van der Waals surface area contributed by atoms with Crippen molar-refractivity contribution in [2.24, 2.45) is 0 Å². The van der Waals surface area contributed by atoms with Gasteiger partial charge < -0.3 is 15.4 Å². The van der Waals surface area contributed by atoms with Gasteiger partial charge in [-0.3, -0.25) is 4.79 Å². The van der Waals surface area contributed by atoms with Crippen LogP contribution in [-0.2, 0) is 4.74 Å². The van der Waals surface area contributed by atoms with Crippen molar-refractivity contribution in [1.29, 1.82) is 0 Å². The lowest BCUT2D eigenvalue weighted by atomic mass is 10.2. The molecule has 2 rings (SSSR count). The Labute approximate surface area is 107 Å². The number of ether oxygens (including phenoxy) is 1. The highest BCUT2D eigenvalue weighted by atomic mass is 16.5. The molecule has 0 aromatic carbocycles. The molecule has 0 spiro atoms. The summed E-state index contributed by atoms with van der Waals surface area (Å²) in [5, 5.41) is 0. The third-order valence-electron chi connectivity index (χ3n) is 3.12. The zero-order valence-corrected chi connectivity index (χ0v) is 10.6. The Kier molecular flexibility index (Phi) is 4.15. The summed E-state index contributed by atoms with van der Waals surface area (Å²) in [6, 6.07) is 3.36. The quantitative estimate of drug-likeness (QED) is 0.873. The normalized spacial score (nSPS) is 18.8. The van der Waals surface area contributed by atoms with Crippen LogP contribution in [0.5, 0.6) is 0 Å². The Hall–Kier alpha value is -1.62. The van der Waals surface area contributed by atoms with Crippen LogP contribution in [0, 0.1) is 0 Å². The molecule has 5 heteroatoms. The smallest absolute Gasteiger partial charge is 0.272 e. The molecule has 0 saturated carbocycles. The van der Waals surface area contributed by atoms with E-state index in [4.69, 9.17) is 10.5 Å². The lowest BCUT2D eigenvalue weighted by Gasteiger charge is -2.23. The van der Waals surface area contributed by atoms with Crippen molar-refractivity contribution in [2.75, 3.05) is 25.4 Å². The minimum atomic E-state index is -0.0620. The van der Waals surface area contributed by atoms with Gasteiger partial charge in [-0.05, 0) is 31.9 Å². The average Bonchev–Trinajstić information content (AvgIpc) is 2.89. The molecule has 1 atom stereocenters.